The maximum Gasteiger partial charge on any atom is 0.337 e. The van der Waals surface area contributed by atoms with Crippen LogP contribution in [0, 0.1) is 0 Å². The van der Waals surface area contributed by atoms with Crippen LogP contribution in [0.5, 0.6) is 0 Å². The second kappa shape index (κ2) is 5.30. The van der Waals surface area contributed by atoms with Gasteiger partial charge in [-0.25, -0.2) is 4.79 Å². The summed E-state index contributed by atoms with van der Waals surface area (Å²) in [7, 11) is 0. The zero-order chi connectivity index (χ0) is 13.9. The first-order valence-electron chi connectivity index (χ1n) is 6.40. The van der Waals surface area contributed by atoms with Gasteiger partial charge in [-0.05, 0) is 31.5 Å². The third kappa shape index (κ3) is 2.48. The summed E-state index contributed by atoms with van der Waals surface area (Å²) in [6, 6.07) is 6.86. The minimum absolute atomic E-state index is 0.0905. The van der Waals surface area contributed by atoms with Gasteiger partial charge in [0.25, 0.3) is 0 Å². The predicted molar refractivity (Wildman–Crippen MR) is 71.0 cm³/mol. The van der Waals surface area contributed by atoms with Crippen molar-refractivity contribution in [1.29, 1.82) is 0 Å². The number of carboxylic acids is 1. The number of nitrogens with one attached hydrogen (secondary N) is 2. The topological polar surface area (TPSA) is 100 Å². The fourth-order valence-electron chi connectivity index (χ4n) is 2.22. The van der Waals surface area contributed by atoms with Crippen LogP contribution in [-0.2, 0) is 0 Å². The lowest BCUT2D eigenvalue weighted by Gasteiger charge is -2.05. The first-order chi connectivity index (χ1) is 9.74. The van der Waals surface area contributed by atoms with E-state index in [0.29, 0.717) is 11.6 Å². The van der Waals surface area contributed by atoms with Crippen LogP contribution in [0.15, 0.2) is 28.7 Å². The number of nitrogens with zero attached hydrogens (tertiary/aromatic N) is 2. The van der Waals surface area contributed by atoms with Crippen LogP contribution in [0.2, 0.25) is 0 Å². The van der Waals surface area contributed by atoms with Gasteiger partial charge in [-0.15, -0.1) is 5.10 Å². The first-order valence-corrected chi connectivity index (χ1v) is 6.40. The molecule has 20 heavy (non-hydrogen) atoms. The Morgan fingerprint density at radius 2 is 2.25 bits per heavy atom. The average molecular weight is 274 g/mol. The van der Waals surface area contributed by atoms with Crippen molar-refractivity contribution in [2.24, 2.45) is 0 Å². The molecule has 1 atom stereocenters. The molecule has 0 spiro atoms. The van der Waals surface area contributed by atoms with E-state index < -0.39 is 5.97 Å². The maximum atomic E-state index is 11.1. The summed E-state index contributed by atoms with van der Waals surface area (Å²) < 4.78 is 5.52. The van der Waals surface area contributed by atoms with Crippen LogP contribution in [0.25, 0.3) is 0 Å². The molecule has 1 unspecified atom stereocenters. The van der Waals surface area contributed by atoms with Crippen LogP contribution in [0.4, 0.5) is 11.7 Å². The van der Waals surface area contributed by atoms with E-state index in [-0.39, 0.29) is 17.6 Å². The number of aromatic carboxylic acids is 1. The number of rotatable bonds is 4. The van der Waals surface area contributed by atoms with E-state index in [9.17, 15) is 4.79 Å². The van der Waals surface area contributed by atoms with Crippen molar-refractivity contribution in [2.75, 3.05) is 11.9 Å². The SMILES string of the molecule is O=C(O)c1ccccc1Nc1nnc(C2CCCN2)o1. The van der Waals surface area contributed by atoms with Gasteiger partial charge in [-0.1, -0.05) is 17.2 Å². The standard InChI is InChI=1S/C13H14N4O3/c18-12(19)8-4-1-2-5-9(8)15-13-17-16-11(20-13)10-6-3-7-14-10/h1-2,4-5,10,14H,3,6-7H2,(H,15,17)(H,18,19). The largest absolute Gasteiger partial charge is 0.478 e. The van der Waals surface area contributed by atoms with Crippen molar-refractivity contribution in [3.05, 3.63) is 35.7 Å². The molecule has 3 N–H and O–H groups in total. The molecular weight excluding hydrogens is 260 g/mol. The predicted octanol–water partition coefficient (Wildman–Crippen LogP) is 1.94. The number of para-hydroxylation sites is 1. The summed E-state index contributed by atoms with van der Waals surface area (Å²) in [4.78, 5) is 11.1. The Bertz CT molecular complexity index is 620. The Balaban J connectivity index is 1.79. The van der Waals surface area contributed by atoms with E-state index in [1.807, 2.05) is 0 Å². The van der Waals surface area contributed by atoms with Crippen molar-refractivity contribution in [1.82, 2.24) is 15.5 Å². The fraction of sp³-hybridized carbons (Fsp3) is 0.308. The molecule has 1 aliphatic rings. The molecule has 1 aromatic heterocycles. The van der Waals surface area contributed by atoms with Crippen LogP contribution >= 0.6 is 0 Å². The smallest absolute Gasteiger partial charge is 0.337 e. The summed E-state index contributed by atoms with van der Waals surface area (Å²) in [5, 5.41) is 23.1. The van der Waals surface area contributed by atoms with E-state index in [1.54, 1.807) is 18.2 Å². The molecule has 1 fully saturated rings. The van der Waals surface area contributed by atoms with Crippen molar-refractivity contribution in [2.45, 2.75) is 18.9 Å². The van der Waals surface area contributed by atoms with Crippen LogP contribution in [0.1, 0.15) is 35.1 Å². The molecule has 7 heteroatoms. The molecule has 0 aliphatic carbocycles. The number of hydrogen-bond donors (Lipinski definition) is 3. The number of hydrogen-bond acceptors (Lipinski definition) is 6. The second-order valence-corrected chi connectivity index (χ2v) is 4.57. The van der Waals surface area contributed by atoms with E-state index in [0.717, 1.165) is 19.4 Å². The van der Waals surface area contributed by atoms with E-state index in [2.05, 4.69) is 20.8 Å². The number of anilines is 2. The van der Waals surface area contributed by atoms with Crippen molar-refractivity contribution in [3.63, 3.8) is 0 Å². The Hall–Kier alpha value is -2.41. The molecule has 0 radical (unpaired) electrons. The highest BCUT2D eigenvalue weighted by Crippen LogP contribution is 2.25. The normalized spacial score (nSPS) is 18.1. The number of aromatic nitrogens is 2. The van der Waals surface area contributed by atoms with Gasteiger partial charge >= 0.3 is 12.0 Å². The highest BCUT2D eigenvalue weighted by Gasteiger charge is 2.22. The highest BCUT2D eigenvalue weighted by atomic mass is 16.4. The van der Waals surface area contributed by atoms with Gasteiger partial charge in [0, 0.05) is 0 Å². The summed E-state index contributed by atoms with van der Waals surface area (Å²) >= 11 is 0. The minimum atomic E-state index is -1.01. The number of carboxylic acid groups (broad SMARTS) is 1. The molecule has 3 rings (SSSR count). The number of benzene rings is 1. The Morgan fingerprint density at radius 1 is 1.40 bits per heavy atom. The summed E-state index contributed by atoms with van der Waals surface area (Å²) in [5.41, 5.74) is 0.584. The Kier molecular flexibility index (Phi) is 3.34. The molecule has 7 nitrogen and oxygen atoms in total. The lowest BCUT2D eigenvalue weighted by molar-refractivity contribution is 0.0698. The highest BCUT2D eigenvalue weighted by molar-refractivity contribution is 5.94. The Labute approximate surface area is 115 Å². The molecule has 1 aromatic carbocycles. The van der Waals surface area contributed by atoms with Crippen LogP contribution in [0.3, 0.4) is 0 Å². The third-order valence-electron chi connectivity index (χ3n) is 3.20. The summed E-state index contributed by atoms with van der Waals surface area (Å²) in [5.74, 6) is -0.483. The van der Waals surface area contributed by atoms with E-state index >= 15 is 0 Å². The molecule has 0 saturated carbocycles. The average Bonchev–Trinajstić information content (AvgIpc) is 3.09. The van der Waals surface area contributed by atoms with Crippen LogP contribution in [-0.4, -0.2) is 27.8 Å². The van der Waals surface area contributed by atoms with E-state index in [1.165, 1.54) is 6.07 Å². The van der Waals surface area contributed by atoms with E-state index in [4.69, 9.17) is 9.52 Å². The Morgan fingerprint density at radius 3 is 3.00 bits per heavy atom. The molecule has 1 saturated heterocycles. The summed E-state index contributed by atoms with van der Waals surface area (Å²) in [6.07, 6.45) is 2.05. The van der Waals surface area contributed by atoms with Crippen molar-refractivity contribution in [3.8, 4) is 0 Å². The maximum absolute atomic E-state index is 11.1. The lowest BCUT2D eigenvalue weighted by Crippen LogP contribution is -2.12. The molecule has 2 heterocycles. The quantitative estimate of drug-likeness (QED) is 0.783. The zero-order valence-electron chi connectivity index (χ0n) is 10.7. The van der Waals surface area contributed by atoms with Gasteiger partial charge in [0.2, 0.25) is 5.89 Å². The summed E-state index contributed by atoms with van der Waals surface area (Å²) in [6.45, 7) is 0.942. The molecular formula is C13H14N4O3. The molecule has 0 amide bonds. The van der Waals surface area contributed by atoms with Gasteiger partial charge in [0.1, 0.15) is 0 Å². The van der Waals surface area contributed by atoms with Gasteiger partial charge < -0.3 is 20.2 Å². The van der Waals surface area contributed by atoms with Gasteiger partial charge in [0.15, 0.2) is 0 Å². The minimum Gasteiger partial charge on any atom is -0.478 e. The number of carbonyl (C=O) groups is 1. The molecule has 2 aromatic rings. The monoisotopic (exact) mass is 274 g/mol. The van der Waals surface area contributed by atoms with Gasteiger partial charge in [-0.3, -0.25) is 0 Å². The van der Waals surface area contributed by atoms with Crippen molar-refractivity contribution < 1.29 is 14.3 Å². The second-order valence-electron chi connectivity index (χ2n) is 4.57. The van der Waals surface area contributed by atoms with Crippen molar-refractivity contribution >= 4 is 17.7 Å². The first kappa shape index (κ1) is 12.6. The fourth-order valence-corrected chi connectivity index (χ4v) is 2.22. The molecule has 104 valence electrons. The molecule has 0 bridgehead atoms. The molecule has 1 aliphatic heterocycles. The van der Waals surface area contributed by atoms with Gasteiger partial charge in [0.05, 0.1) is 17.3 Å². The lowest BCUT2D eigenvalue weighted by atomic mass is 10.2. The van der Waals surface area contributed by atoms with Gasteiger partial charge in [-0.2, -0.15) is 0 Å². The van der Waals surface area contributed by atoms with Crippen LogP contribution < -0.4 is 10.6 Å². The zero-order valence-corrected chi connectivity index (χ0v) is 10.7. The third-order valence-corrected chi connectivity index (χ3v) is 3.20.